The molecule has 0 amide bonds. The topological polar surface area (TPSA) is 0 Å². The Kier molecular flexibility index (Phi) is 8.81. The van der Waals surface area contributed by atoms with Crippen molar-refractivity contribution in [1.82, 2.24) is 0 Å². The van der Waals surface area contributed by atoms with Crippen LogP contribution in [0.3, 0.4) is 0 Å². The summed E-state index contributed by atoms with van der Waals surface area (Å²) in [6, 6.07) is 49.2. The third-order valence-corrected chi connectivity index (χ3v) is 11.2. The molecule has 1 aliphatic carbocycles. The summed E-state index contributed by atoms with van der Waals surface area (Å²) < 4.78 is 60.8. The van der Waals surface area contributed by atoms with E-state index in [1.165, 1.54) is 48.5 Å². The van der Waals surface area contributed by atoms with Crippen LogP contribution in [0.2, 0.25) is 0 Å². The van der Waals surface area contributed by atoms with Gasteiger partial charge in [-0.3, -0.25) is 0 Å². The zero-order valence-corrected chi connectivity index (χ0v) is 32.0. The van der Waals surface area contributed by atoms with Gasteiger partial charge in [0, 0.05) is 0 Å². The largest absolute Gasteiger partial charge is 0.207 e. The van der Waals surface area contributed by atoms with Gasteiger partial charge in [-0.25, -0.2) is 17.6 Å². The van der Waals surface area contributed by atoms with Gasteiger partial charge in [0.05, 0.1) is 5.41 Å². The highest BCUT2D eigenvalue weighted by Crippen LogP contribution is 2.57. The molecule has 278 valence electrons. The lowest BCUT2D eigenvalue weighted by atomic mass is 9.66. The standard InChI is InChI=1S/C53H38F4/c1-31-13-35(27-45(54)17-31)39-21-40(36-14-32(2)18-46(55)28-36)24-43(23-39)53(51-11-7-5-9-49(51)50-10-6-8-12-52(50)53)44-25-41(37-15-33(3)19-47(56)29-37)22-42(26-44)38-16-34(4)20-48(57)30-38/h5-30H,1-4H3. The van der Waals surface area contributed by atoms with Crippen molar-refractivity contribution < 1.29 is 17.6 Å². The molecule has 0 aromatic heterocycles. The summed E-state index contributed by atoms with van der Waals surface area (Å²) in [5.41, 5.74) is 13.9. The molecule has 0 bridgehead atoms. The zero-order chi connectivity index (χ0) is 39.6. The van der Waals surface area contributed by atoms with E-state index in [0.717, 1.165) is 77.9 Å². The van der Waals surface area contributed by atoms with Crippen LogP contribution in [0.5, 0.6) is 0 Å². The fraction of sp³-hybridized carbons (Fsp3) is 0.0943. The minimum atomic E-state index is -0.988. The molecule has 0 nitrogen and oxygen atoms in total. The molecule has 0 aliphatic heterocycles. The highest BCUT2D eigenvalue weighted by molar-refractivity contribution is 5.89. The summed E-state index contributed by atoms with van der Waals surface area (Å²) in [5.74, 6) is -1.40. The Morgan fingerprint density at radius 1 is 0.298 bits per heavy atom. The van der Waals surface area contributed by atoms with E-state index in [2.05, 4.69) is 48.5 Å². The maximum Gasteiger partial charge on any atom is 0.124 e. The number of rotatable bonds is 6. The van der Waals surface area contributed by atoms with E-state index < -0.39 is 5.41 Å². The summed E-state index contributed by atoms with van der Waals surface area (Å²) in [6.45, 7) is 7.47. The summed E-state index contributed by atoms with van der Waals surface area (Å²) in [5, 5.41) is 0. The summed E-state index contributed by atoms with van der Waals surface area (Å²) in [6.07, 6.45) is 0. The number of benzene rings is 8. The van der Waals surface area contributed by atoms with Crippen molar-refractivity contribution in [2.24, 2.45) is 0 Å². The predicted octanol–water partition coefficient (Wildman–Crippen LogP) is 14.5. The molecule has 0 saturated carbocycles. The van der Waals surface area contributed by atoms with Crippen molar-refractivity contribution in [3.63, 3.8) is 0 Å². The molecule has 0 saturated heterocycles. The molecule has 9 rings (SSSR count). The minimum Gasteiger partial charge on any atom is -0.207 e. The lowest BCUT2D eigenvalue weighted by molar-refractivity contribution is 0.626. The van der Waals surface area contributed by atoms with Gasteiger partial charge in [-0.2, -0.15) is 0 Å². The fourth-order valence-electron chi connectivity index (χ4n) is 8.99. The molecule has 0 heterocycles. The third-order valence-electron chi connectivity index (χ3n) is 11.2. The molecule has 0 N–H and O–H groups in total. The van der Waals surface area contributed by atoms with E-state index in [4.69, 9.17) is 0 Å². The Bertz CT molecular complexity index is 2480. The Labute approximate surface area is 330 Å². The van der Waals surface area contributed by atoms with Crippen molar-refractivity contribution >= 4 is 0 Å². The van der Waals surface area contributed by atoms with Gasteiger partial charge in [-0.15, -0.1) is 0 Å². The predicted molar refractivity (Wildman–Crippen MR) is 224 cm³/mol. The second-order valence-corrected chi connectivity index (χ2v) is 15.5. The molecule has 0 radical (unpaired) electrons. The smallest absolute Gasteiger partial charge is 0.124 e. The number of hydrogen-bond acceptors (Lipinski definition) is 0. The number of hydrogen-bond donors (Lipinski definition) is 0. The van der Waals surface area contributed by atoms with Crippen LogP contribution < -0.4 is 0 Å². The Morgan fingerprint density at radius 2 is 0.561 bits per heavy atom. The van der Waals surface area contributed by atoms with E-state index in [1.807, 2.05) is 88.4 Å². The maximum atomic E-state index is 15.2. The first kappa shape index (κ1) is 36.1. The van der Waals surface area contributed by atoms with E-state index >= 15 is 17.6 Å². The summed E-state index contributed by atoms with van der Waals surface area (Å²) >= 11 is 0. The SMILES string of the molecule is Cc1cc(F)cc(-c2cc(-c3cc(C)cc(F)c3)cc(C3(c4cc(-c5cc(C)cc(F)c5)cc(-c5cc(C)cc(F)c5)c4)c4ccccc4-c4ccccc43)c2)c1. The van der Waals surface area contributed by atoms with Crippen molar-refractivity contribution in [2.75, 3.05) is 0 Å². The zero-order valence-electron chi connectivity index (χ0n) is 32.0. The first-order valence-corrected chi connectivity index (χ1v) is 19.1. The highest BCUT2D eigenvalue weighted by Gasteiger charge is 2.46. The van der Waals surface area contributed by atoms with E-state index in [-0.39, 0.29) is 23.3 Å². The Hall–Kier alpha value is -6.52. The van der Waals surface area contributed by atoms with Gasteiger partial charge in [0.1, 0.15) is 23.3 Å². The quantitative estimate of drug-likeness (QED) is 0.149. The Balaban J connectivity index is 1.45. The van der Waals surface area contributed by atoms with Gasteiger partial charge in [-0.1, -0.05) is 72.8 Å². The molecule has 0 spiro atoms. The number of fused-ring (bicyclic) bond motifs is 3. The van der Waals surface area contributed by atoms with E-state index in [9.17, 15) is 0 Å². The van der Waals surface area contributed by atoms with Crippen LogP contribution in [0, 0.1) is 51.0 Å². The van der Waals surface area contributed by atoms with E-state index in [0.29, 0.717) is 22.3 Å². The van der Waals surface area contributed by atoms with Gasteiger partial charge in [0.15, 0.2) is 0 Å². The van der Waals surface area contributed by atoms with Gasteiger partial charge in [0.2, 0.25) is 0 Å². The monoisotopic (exact) mass is 750 g/mol. The lowest BCUT2D eigenvalue weighted by Gasteiger charge is -2.35. The average molecular weight is 751 g/mol. The van der Waals surface area contributed by atoms with Gasteiger partial charge < -0.3 is 0 Å². The molecule has 0 fully saturated rings. The van der Waals surface area contributed by atoms with Crippen LogP contribution in [-0.4, -0.2) is 0 Å². The Morgan fingerprint density at radius 3 is 0.842 bits per heavy atom. The van der Waals surface area contributed by atoms with Crippen molar-refractivity contribution in [1.29, 1.82) is 0 Å². The normalized spacial score (nSPS) is 12.7. The molecule has 1 aliphatic rings. The second-order valence-electron chi connectivity index (χ2n) is 15.5. The molecular formula is C53H38F4. The first-order chi connectivity index (χ1) is 27.4. The van der Waals surface area contributed by atoms with Gasteiger partial charge in [-0.05, 0) is 213 Å². The third kappa shape index (κ3) is 6.45. The molecule has 0 unspecified atom stereocenters. The van der Waals surface area contributed by atoms with Crippen LogP contribution >= 0.6 is 0 Å². The average Bonchev–Trinajstić information content (AvgIpc) is 3.47. The van der Waals surface area contributed by atoms with Crippen LogP contribution in [0.25, 0.3) is 55.6 Å². The maximum absolute atomic E-state index is 15.2. The minimum absolute atomic E-state index is 0.349. The van der Waals surface area contributed by atoms with Crippen LogP contribution in [0.4, 0.5) is 17.6 Å². The van der Waals surface area contributed by atoms with Crippen molar-refractivity contribution in [2.45, 2.75) is 33.1 Å². The van der Waals surface area contributed by atoms with Crippen LogP contribution in [0.1, 0.15) is 44.5 Å². The first-order valence-electron chi connectivity index (χ1n) is 19.1. The van der Waals surface area contributed by atoms with Crippen molar-refractivity contribution in [3.05, 3.63) is 226 Å². The molecule has 0 atom stereocenters. The second kappa shape index (κ2) is 13.9. The summed E-state index contributed by atoms with van der Waals surface area (Å²) in [7, 11) is 0. The molecule has 4 heteroatoms. The van der Waals surface area contributed by atoms with Crippen molar-refractivity contribution in [3.8, 4) is 55.6 Å². The number of halogens is 4. The van der Waals surface area contributed by atoms with Gasteiger partial charge >= 0.3 is 0 Å². The summed E-state index contributed by atoms with van der Waals surface area (Å²) in [4.78, 5) is 0. The molecule has 57 heavy (non-hydrogen) atoms. The number of aryl methyl sites for hydroxylation is 4. The van der Waals surface area contributed by atoms with Crippen LogP contribution in [0.15, 0.2) is 158 Å². The lowest BCUT2D eigenvalue weighted by Crippen LogP contribution is -2.29. The van der Waals surface area contributed by atoms with Gasteiger partial charge in [0.25, 0.3) is 0 Å². The van der Waals surface area contributed by atoms with Crippen LogP contribution in [-0.2, 0) is 5.41 Å². The molecule has 8 aromatic carbocycles. The van der Waals surface area contributed by atoms with E-state index in [1.54, 1.807) is 0 Å². The molecule has 8 aromatic rings. The highest BCUT2D eigenvalue weighted by atomic mass is 19.1. The fourth-order valence-corrected chi connectivity index (χ4v) is 8.99. The molecular weight excluding hydrogens is 713 g/mol.